The van der Waals surface area contributed by atoms with Gasteiger partial charge in [-0.3, -0.25) is 9.59 Å². The van der Waals surface area contributed by atoms with E-state index >= 15 is 0 Å². The summed E-state index contributed by atoms with van der Waals surface area (Å²) >= 11 is 1.26. The van der Waals surface area contributed by atoms with Crippen LogP contribution in [-0.4, -0.2) is 29.0 Å². The molecule has 2 N–H and O–H groups in total. The van der Waals surface area contributed by atoms with Crippen molar-refractivity contribution in [2.45, 2.75) is 39.0 Å². The van der Waals surface area contributed by atoms with Gasteiger partial charge in [-0.2, -0.15) is 0 Å². The number of benzene rings is 1. The van der Waals surface area contributed by atoms with Crippen molar-refractivity contribution in [2.24, 2.45) is 5.73 Å². The van der Waals surface area contributed by atoms with E-state index < -0.39 is 0 Å². The summed E-state index contributed by atoms with van der Waals surface area (Å²) in [6, 6.07) is 7.51. The highest BCUT2D eigenvalue weighted by Crippen LogP contribution is 2.13. The van der Waals surface area contributed by atoms with Crippen molar-refractivity contribution in [1.29, 1.82) is 0 Å². The zero-order valence-electron chi connectivity index (χ0n) is 13.4. The van der Waals surface area contributed by atoms with E-state index in [2.05, 4.69) is 0 Å². The predicted molar refractivity (Wildman–Crippen MR) is 97.4 cm³/mol. The van der Waals surface area contributed by atoms with E-state index in [1.165, 1.54) is 18.7 Å². The third kappa shape index (κ3) is 9.54. The van der Waals surface area contributed by atoms with Crippen LogP contribution in [0.15, 0.2) is 24.3 Å². The van der Waals surface area contributed by atoms with Gasteiger partial charge in [0, 0.05) is 30.6 Å². The molecule has 0 saturated heterocycles. The van der Waals surface area contributed by atoms with E-state index in [0.29, 0.717) is 43.5 Å². The minimum absolute atomic E-state index is 0. The number of thioether (sulfide) groups is 1. The maximum atomic E-state index is 11.8. The molecule has 23 heavy (non-hydrogen) atoms. The molecule has 0 amide bonds. The summed E-state index contributed by atoms with van der Waals surface area (Å²) in [5, 5.41) is 0.0591. The van der Waals surface area contributed by atoms with Gasteiger partial charge in [-0.05, 0) is 31.9 Å². The predicted octanol–water partition coefficient (Wildman–Crippen LogP) is 3.20. The molecule has 0 radical (unpaired) electrons. The van der Waals surface area contributed by atoms with Crippen LogP contribution in [0.4, 0.5) is 0 Å². The SMILES string of the molecule is CC(=O)CCC(=O)SCCc1ccc(C(=O)CCCN)cc1.Cl. The third-order valence-corrected chi connectivity index (χ3v) is 4.15. The number of hydrogen-bond acceptors (Lipinski definition) is 5. The normalized spacial score (nSPS) is 10.0. The highest BCUT2D eigenvalue weighted by atomic mass is 35.5. The Morgan fingerprint density at radius 2 is 1.70 bits per heavy atom. The number of carbonyl (C=O) groups is 3. The second-order valence-electron chi connectivity index (χ2n) is 5.18. The third-order valence-electron chi connectivity index (χ3n) is 3.22. The lowest BCUT2D eigenvalue weighted by Gasteiger charge is -2.04. The molecule has 0 unspecified atom stereocenters. The van der Waals surface area contributed by atoms with Crippen molar-refractivity contribution in [2.75, 3.05) is 12.3 Å². The fourth-order valence-corrected chi connectivity index (χ4v) is 2.71. The van der Waals surface area contributed by atoms with Gasteiger partial charge in [-0.1, -0.05) is 36.0 Å². The number of carbonyl (C=O) groups excluding carboxylic acids is 3. The highest BCUT2D eigenvalue weighted by Gasteiger charge is 2.07. The van der Waals surface area contributed by atoms with Crippen LogP contribution in [0.25, 0.3) is 0 Å². The van der Waals surface area contributed by atoms with Gasteiger partial charge in [0.15, 0.2) is 10.9 Å². The van der Waals surface area contributed by atoms with Crippen molar-refractivity contribution >= 4 is 40.9 Å². The van der Waals surface area contributed by atoms with E-state index in [-0.39, 0.29) is 29.1 Å². The first-order valence-electron chi connectivity index (χ1n) is 7.50. The molecule has 0 aliphatic rings. The number of ketones is 2. The lowest BCUT2D eigenvalue weighted by atomic mass is 10.0. The first kappa shape index (κ1) is 21.8. The number of halogens is 1. The molecule has 0 heterocycles. The van der Waals surface area contributed by atoms with Crippen LogP contribution < -0.4 is 5.73 Å². The van der Waals surface area contributed by atoms with E-state index in [4.69, 9.17) is 5.73 Å². The van der Waals surface area contributed by atoms with Crippen LogP contribution in [-0.2, 0) is 16.0 Å². The Labute approximate surface area is 148 Å². The smallest absolute Gasteiger partial charge is 0.189 e. The Bertz CT molecular complexity index is 517. The molecule has 0 spiro atoms. The van der Waals surface area contributed by atoms with Gasteiger partial charge >= 0.3 is 0 Å². The van der Waals surface area contributed by atoms with E-state index in [1.54, 1.807) is 0 Å². The van der Waals surface area contributed by atoms with Crippen LogP contribution in [0.1, 0.15) is 48.5 Å². The minimum Gasteiger partial charge on any atom is -0.330 e. The largest absolute Gasteiger partial charge is 0.330 e. The topological polar surface area (TPSA) is 77.2 Å². The quantitative estimate of drug-likeness (QED) is 0.650. The van der Waals surface area contributed by atoms with Crippen LogP contribution in [0.2, 0.25) is 0 Å². The van der Waals surface area contributed by atoms with Crippen molar-refractivity contribution in [3.8, 4) is 0 Å². The number of nitrogens with two attached hydrogens (primary N) is 1. The molecule has 4 nitrogen and oxygen atoms in total. The first-order valence-corrected chi connectivity index (χ1v) is 8.48. The van der Waals surface area contributed by atoms with Crippen molar-refractivity contribution in [1.82, 2.24) is 0 Å². The first-order chi connectivity index (χ1) is 10.5. The van der Waals surface area contributed by atoms with Gasteiger partial charge in [0.1, 0.15) is 5.78 Å². The fourth-order valence-electron chi connectivity index (χ4n) is 1.90. The van der Waals surface area contributed by atoms with Gasteiger partial charge in [-0.25, -0.2) is 0 Å². The lowest BCUT2D eigenvalue weighted by Crippen LogP contribution is -2.05. The van der Waals surface area contributed by atoms with Crippen LogP contribution in [0, 0.1) is 0 Å². The highest BCUT2D eigenvalue weighted by molar-refractivity contribution is 8.13. The lowest BCUT2D eigenvalue weighted by molar-refractivity contribution is -0.119. The van der Waals surface area contributed by atoms with Crippen LogP contribution >= 0.6 is 24.2 Å². The molecule has 0 saturated carbocycles. The zero-order valence-corrected chi connectivity index (χ0v) is 15.0. The molecule has 1 aromatic rings. The molecule has 6 heteroatoms. The van der Waals surface area contributed by atoms with Gasteiger partial charge in [0.2, 0.25) is 0 Å². The Morgan fingerprint density at radius 3 is 2.26 bits per heavy atom. The second-order valence-corrected chi connectivity index (χ2v) is 6.34. The molecule has 128 valence electrons. The molecular weight excluding hydrogens is 334 g/mol. The average Bonchev–Trinajstić information content (AvgIpc) is 2.51. The maximum absolute atomic E-state index is 11.8. The minimum atomic E-state index is 0. The summed E-state index contributed by atoms with van der Waals surface area (Å²) in [6.07, 6.45) is 2.60. The Hall–Kier alpha value is -1.17. The zero-order chi connectivity index (χ0) is 16.4. The maximum Gasteiger partial charge on any atom is 0.189 e. The molecule has 0 bridgehead atoms. The van der Waals surface area contributed by atoms with E-state index in [1.807, 2.05) is 24.3 Å². The Balaban J connectivity index is 0.00000484. The van der Waals surface area contributed by atoms with Gasteiger partial charge in [0.05, 0.1) is 0 Å². The summed E-state index contributed by atoms with van der Waals surface area (Å²) in [6.45, 7) is 2.02. The summed E-state index contributed by atoms with van der Waals surface area (Å²) in [5.74, 6) is 0.853. The summed E-state index contributed by atoms with van der Waals surface area (Å²) < 4.78 is 0. The van der Waals surface area contributed by atoms with Crippen molar-refractivity contribution < 1.29 is 14.4 Å². The van der Waals surface area contributed by atoms with Gasteiger partial charge < -0.3 is 10.5 Å². The number of aryl methyl sites for hydroxylation is 1. The molecule has 1 rings (SSSR count). The standard InChI is InChI=1S/C17H23NO3S.ClH/c1-13(19)4-9-17(21)22-12-10-14-5-7-15(8-6-14)16(20)3-2-11-18;/h5-8H,2-4,9-12,18H2,1H3;1H. The number of hydrogen-bond donors (Lipinski definition) is 1. The summed E-state index contributed by atoms with van der Waals surface area (Å²) in [5.41, 5.74) is 7.21. The van der Waals surface area contributed by atoms with Gasteiger partial charge in [-0.15, -0.1) is 12.4 Å². The molecule has 0 aliphatic heterocycles. The molecule has 1 aromatic carbocycles. The summed E-state index contributed by atoms with van der Waals surface area (Å²) in [7, 11) is 0. The van der Waals surface area contributed by atoms with Crippen molar-refractivity contribution in [3.05, 3.63) is 35.4 Å². The van der Waals surface area contributed by atoms with Crippen molar-refractivity contribution in [3.63, 3.8) is 0 Å². The van der Waals surface area contributed by atoms with E-state index in [0.717, 1.165) is 12.0 Å². The average molecular weight is 358 g/mol. The number of Topliss-reactive ketones (excluding diaryl/α,β-unsaturated/α-hetero) is 2. The monoisotopic (exact) mass is 357 g/mol. The molecule has 0 fully saturated rings. The Kier molecular flexibility index (Phi) is 11.7. The molecule has 0 aromatic heterocycles. The van der Waals surface area contributed by atoms with E-state index in [9.17, 15) is 14.4 Å². The van der Waals surface area contributed by atoms with Crippen LogP contribution in [0.3, 0.4) is 0 Å². The number of rotatable bonds is 10. The van der Waals surface area contributed by atoms with Gasteiger partial charge in [0.25, 0.3) is 0 Å². The fraction of sp³-hybridized carbons (Fsp3) is 0.471. The Morgan fingerprint density at radius 1 is 1.04 bits per heavy atom. The molecular formula is C17H24ClNO3S. The van der Waals surface area contributed by atoms with Crippen LogP contribution in [0.5, 0.6) is 0 Å². The molecule has 0 aliphatic carbocycles. The summed E-state index contributed by atoms with van der Waals surface area (Å²) in [4.78, 5) is 34.2. The molecule has 0 atom stereocenters. The second kappa shape index (κ2) is 12.3.